The molecular weight excluding hydrogens is 368 g/mol. The van der Waals surface area contributed by atoms with Crippen molar-refractivity contribution in [2.75, 3.05) is 26.7 Å². The fourth-order valence-electron chi connectivity index (χ4n) is 5.48. The van der Waals surface area contributed by atoms with Gasteiger partial charge in [0.1, 0.15) is 6.54 Å². The van der Waals surface area contributed by atoms with E-state index in [1.165, 1.54) is 5.56 Å². The van der Waals surface area contributed by atoms with Gasteiger partial charge in [0.2, 0.25) is 5.91 Å². The number of urea groups is 1. The van der Waals surface area contributed by atoms with Crippen molar-refractivity contribution < 1.29 is 14.7 Å². The summed E-state index contributed by atoms with van der Waals surface area (Å²) in [5.74, 6) is -0.498. The number of nitrogens with two attached hydrogens (primary N) is 1. The van der Waals surface area contributed by atoms with E-state index in [9.17, 15) is 14.7 Å². The van der Waals surface area contributed by atoms with E-state index in [2.05, 4.69) is 29.6 Å². The van der Waals surface area contributed by atoms with Gasteiger partial charge in [0.05, 0.1) is 17.7 Å². The molecule has 7 heteroatoms. The van der Waals surface area contributed by atoms with E-state index in [1.807, 2.05) is 18.0 Å². The summed E-state index contributed by atoms with van der Waals surface area (Å²) in [7, 11) is 2.00. The first-order valence-electron chi connectivity index (χ1n) is 10.6. The number of primary amides is 1. The average Bonchev–Trinajstić information content (AvgIpc) is 2.93. The highest BCUT2D eigenvalue weighted by molar-refractivity contribution is 5.85. The minimum absolute atomic E-state index is 0.0641. The third-order valence-corrected chi connectivity index (χ3v) is 7.48. The van der Waals surface area contributed by atoms with Crippen molar-refractivity contribution in [2.24, 2.45) is 5.73 Å². The molecule has 3 fully saturated rings. The van der Waals surface area contributed by atoms with E-state index in [0.717, 1.165) is 44.9 Å². The smallest absolute Gasteiger partial charge is 0.321 e. The monoisotopic (exact) mass is 400 g/mol. The van der Waals surface area contributed by atoms with Crippen LogP contribution in [0.25, 0.3) is 0 Å². The van der Waals surface area contributed by atoms with Crippen LogP contribution in [-0.4, -0.2) is 64.7 Å². The summed E-state index contributed by atoms with van der Waals surface area (Å²) >= 11 is 0. The largest absolute Gasteiger partial charge is 0.388 e. The predicted octanol–water partition coefficient (Wildman–Crippen LogP) is 1.55. The minimum Gasteiger partial charge on any atom is -0.388 e. The minimum atomic E-state index is -0.789. The molecule has 0 unspecified atom stereocenters. The molecule has 7 nitrogen and oxygen atoms in total. The molecule has 1 aliphatic heterocycles. The van der Waals surface area contributed by atoms with Crippen LogP contribution >= 0.6 is 0 Å². The zero-order valence-corrected chi connectivity index (χ0v) is 17.2. The lowest BCUT2D eigenvalue weighted by atomic mass is 9.68. The van der Waals surface area contributed by atoms with Gasteiger partial charge in [0.15, 0.2) is 0 Å². The van der Waals surface area contributed by atoms with Gasteiger partial charge in [0.25, 0.3) is 0 Å². The molecule has 0 radical (unpaired) electrons. The molecule has 1 aromatic rings. The quantitative estimate of drug-likeness (QED) is 0.675. The molecule has 0 bridgehead atoms. The number of hydrogen-bond donors (Lipinski definition) is 3. The summed E-state index contributed by atoms with van der Waals surface area (Å²) in [4.78, 5) is 28.1. The van der Waals surface area contributed by atoms with Crippen molar-refractivity contribution in [3.8, 4) is 0 Å². The normalized spacial score (nSPS) is 31.2. The number of amides is 3. The molecule has 29 heavy (non-hydrogen) atoms. The Morgan fingerprint density at radius 3 is 2.31 bits per heavy atom. The highest BCUT2D eigenvalue weighted by Gasteiger charge is 2.55. The highest BCUT2D eigenvalue weighted by Crippen LogP contribution is 2.48. The molecule has 2 aliphatic carbocycles. The molecule has 3 amide bonds. The van der Waals surface area contributed by atoms with Crippen LogP contribution in [0.3, 0.4) is 0 Å². The van der Waals surface area contributed by atoms with E-state index in [0.29, 0.717) is 13.1 Å². The first-order valence-corrected chi connectivity index (χ1v) is 10.6. The van der Waals surface area contributed by atoms with Crippen molar-refractivity contribution in [2.45, 2.75) is 61.6 Å². The van der Waals surface area contributed by atoms with Gasteiger partial charge in [-0.15, -0.1) is 0 Å². The molecule has 4 N–H and O–H groups in total. The second-order valence-electron chi connectivity index (χ2n) is 9.19. The Hall–Kier alpha value is -2.12. The number of aliphatic hydroxyl groups is 1. The molecule has 1 heterocycles. The van der Waals surface area contributed by atoms with Crippen molar-refractivity contribution in [3.63, 3.8) is 0 Å². The second kappa shape index (κ2) is 7.29. The van der Waals surface area contributed by atoms with Crippen LogP contribution in [0, 0.1) is 0 Å². The van der Waals surface area contributed by atoms with Crippen LogP contribution in [0.1, 0.15) is 50.5 Å². The number of benzene rings is 1. The van der Waals surface area contributed by atoms with Crippen molar-refractivity contribution in [1.82, 2.24) is 15.1 Å². The maximum atomic E-state index is 13.2. The summed E-state index contributed by atoms with van der Waals surface area (Å²) < 4.78 is 0. The SMILES string of the molecule is CN[C@]1(c2ccccc2)CC[C@]2(CC1)CN(CC(N)=O)C(=O)N2CC1(O)CCC1. The zero-order chi connectivity index (χ0) is 20.7. The van der Waals surface area contributed by atoms with Crippen molar-refractivity contribution >= 4 is 11.9 Å². The molecule has 158 valence electrons. The van der Waals surface area contributed by atoms with E-state index in [4.69, 9.17) is 5.73 Å². The van der Waals surface area contributed by atoms with Gasteiger partial charge in [-0.05, 0) is 57.6 Å². The van der Waals surface area contributed by atoms with E-state index >= 15 is 0 Å². The van der Waals surface area contributed by atoms with Crippen LogP contribution in [0.5, 0.6) is 0 Å². The van der Waals surface area contributed by atoms with Crippen LogP contribution in [0.2, 0.25) is 0 Å². The lowest BCUT2D eigenvalue weighted by Crippen LogP contribution is -2.59. The topological polar surface area (TPSA) is 98.9 Å². The molecule has 3 aliphatic rings. The number of nitrogens with one attached hydrogen (secondary N) is 1. The summed E-state index contributed by atoms with van der Waals surface area (Å²) in [6, 6.07) is 10.3. The Kier molecular flexibility index (Phi) is 5.07. The van der Waals surface area contributed by atoms with Crippen LogP contribution in [0.15, 0.2) is 30.3 Å². The number of hydrogen-bond acceptors (Lipinski definition) is 4. The van der Waals surface area contributed by atoms with Crippen molar-refractivity contribution in [3.05, 3.63) is 35.9 Å². The standard InChI is InChI=1S/C22H32N4O3/c1-24-22(17-6-3-2-4-7-17)12-10-20(11-13-22)15-25(14-18(23)27)19(28)26(20)16-21(29)8-5-9-21/h2-4,6-7,24,29H,5,8-16H2,1H3,(H2,23,27)/t20-,22+. The van der Waals surface area contributed by atoms with Gasteiger partial charge < -0.3 is 26.0 Å². The number of nitrogens with zero attached hydrogens (tertiary/aromatic N) is 2. The number of rotatable bonds is 6. The Labute approximate surface area is 172 Å². The fraction of sp³-hybridized carbons (Fsp3) is 0.636. The second-order valence-corrected chi connectivity index (χ2v) is 9.19. The first-order chi connectivity index (χ1) is 13.8. The number of carbonyl (C=O) groups is 2. The third-order valence-electron chi connectivity index (χ3n) is 7.48. The van der Waals surface area contributed by atoms with Gasteiger partial charge in [-0.25, -0.2) is 4.79 Å². The summed E-state index contributed by atoms with van der Waals surface area (Å²) in [6.07, 6.45) is 5.87. The predicted molar refractivity (Wildman–Crippen MR) is 110 cm³/mol. The lowest BCUT2D eigenvalue weighted by molar-refractivity contribution is -0.118. The summed E-state index contributed by atoms with van der Waals surface area (Å²) in [6.45, 7) is 0.782. The van der Waals surface area contributed by atoms with E-state index in [-0.39, 0.29) is 23.7 Å². The maximum Gasteiger partial charge on any atom is 0.321 e. The van der Waals surface area contributed by atoms with Crippen molar-refractivity contribution in [1.29, 1.82) is 0 Å². The Bertz CT molecular complexity index is 770. The van der Waals surface area contributed by atoms with Gasteiger partial charge in [-0.1, -0.05) is 30.3 Å². The van der Waals surface area contributed by atoms with Gasteiger partial charge in [-0.3, -0.25) is 4.79 Å². The van der Waals surface area contributed by atoms with E-state index in [1.54, 1.807) is 4.90 Å². The molecule has 2 saturated carbocycles. The molecular formula is C22H32N4O3. The number of carbonyl (C=O) groups excluding carboxylic acids is 2. The average molecular weight is 401 g/mol. The molecule has 4 rings (SSSR count). The Morgan fingerprint density at radius 1 is 1.14 bits per heavy atom. The maximum absolute atomic E-state index is 13.2. The highest BCUT2D eigenvalue weighted by atomic mass is 16.3. The Morgan fingerprint density at radius 2 is 1.79 bits per heavy atom. The molecule has 1 saturated heterocycles. The number of β-amino-alcohol motifs (C(OH)–C–C–N with tert-alkyl or cyclic N) is 1. The summed E-state index contributed by atoms with van der Waals surface area (Å²) in [5.41, 5.74) is 5.39. The molecule has 0 atom stereocenters. The van der Waals surface area contributed by atoms with Crippen LogP contribution in [-0.2, 0) is 10.3 Å². The molecule has 0 aromatic heterocycles. The first kappa shape index (κ1) is 20.2. The lowest BCUT2D eigenvalue weighted by Gasteiger charge is -2.50. The van der Waals surface area contributed by atoms with Gasteiger partial charge in [-0.2, -0.15) is 0 Å². The molecule has 1 aromatic carbocycles. The summed E-state index contributed by atoms with van der Waals surface area (Å²) in [5, 5.41) is 14.3. The molecule has 1 spiro atoms. The zero-order valence-electron chi connectivity index (χ0n) is 17.2. The third kappa shape index (κ3) is 3.51. The van der Waals surface area contributed by atoms with Crippen LogP contribution < -0.4 is 11.1 Å². The Balaban J connectivity index is 1.59. The van der Waals surface area contributed by atoms with Gasteiger partial charge in [0, 0.05) is 12.1 Å². The fourth-order valence-corrected chi connectivity index (χ4v) is 5.48. The van der Waals surface area contributed by atoms with Crippen LogP contribution in [0.4, 0.5) is 4.79 Å². The van der Waals surface area contributed by atoms with E-state index < -0.39 is 11.5 Å². The van der Waals surface area contributed by atoms with Gasteiger partial charge >= 0.3 is 6.03 Å².